The summed E-state index contributed by atoms with van der Waals surface area (Å²) in [7, 11) is 0. The van der Waals surface area contributed by atoms with Gasteiger partial charge in [-0.1, -0.05) is 25.1 Å². The van der Waals surface area contributed by atoms with E-state index < -0.39 is 23.9 Å². The largest absolute Gasteiger partial charge is 0.481 e. The van der Waals surface area contributed by atoms with E-state index >= 15 is 0 Å². The first-order valence-corrected chi connectivity index (χ1v) is 5.64. The Balaban J connectivity index is 2.66. The summed E-state index contributed by atoms with van der Waals surface area (Å²) < 4.78 is 0. The van der Waals surface area contributed by atoms with E-state index in [9.17, 15) is 14.7 Å². The molecule has 1 heterocycles. The standard InChI is InChI=1S/C13H13NO4/c1-2-8-4-3-5-9-6-13(12(17)18,7-10(15)16)14-11(8)9/h3-6H,2,7H2,1H3,(H,15,16)(H,17,18). The van der Waals surface area contributed by atoms with Crippen LogP contribution in [-0.2, 0) is 16.0 Å². The van der Waals surface area contributed by atoms with Crippen molar-refractivity contribution in [2.45, 2.75) is 25.3 Å². The van der Waals surface area contributed by atoms with Gasteiger partial charge in [0.25, 0.3) is 0 Å². The summed E-state index contributed by atoms with van der Waals surface area (Å²) in [6, 6.07) is 5.45. The van der Waals surface area contributed by atoms with E-state index in [1.54, 1.807) is 6.07 Å². The van der Waals surface area contributed by atoms with E-state index in [0.29, 0.717) is 10.6 Å². The molecular weight excluding hydrogens is 234 g/mol. The second-order valence-corrected chi connectivity index (χ2v) is 4.26. The highest BCUT2D eigenvalue weighted by Crippen LogP contribution is 2.20. The fourth-order valence-corrected chi connectivity index (χ4v) is 2.14. The van der Waals surface area contributed by atoms with Crippen molar-refractivity contribution in [3.63, 3.8) is 0 Å². The molecule has 0 amide bonds. The molecule has 1 aromatic carbocycles. The maximum Gasteiger partial charge on any atom is 0.336 e. The van der Waals surface area contributed by atoms with Crippen LogP contribution in [-0.4, -0.2) is 27.7 Å². The Bertz CT molecular complexity index is 635. The third-order valence-electron chi connectivity index (χ3n) is 3.03. The number of hydrogen-bond acceptors (Lipinski definition) is 3. The van der Waals surface area contributed by atoms with Crippen LogP contribution in [0.25, 0.3) is 6.08 Å². The SMILES string of the molecule is CCc1cccc2c1=NC(CC(=O)O)(C(=O)O)C=2. The number of carboxylic acids is 2. The minimum absolute atomic E-state index is 0.542. The van der Waals surface area contributed by atoms with Crippen molar-refractivity contribution in [2.75, 3.05) is 0 Å². The van der Waals surface area contributed by atoms with Gasteiger partial charge in [0.2, 0.25) is 0 Å². The molecule has 18 heavy (non-hydrogen) atoms. The number of carboxylic acid groups (broad SMARTS) is 2. The van der Waals surface area contributed by atoms with Crippen molar-refractivity contribution in [3.8, 4) is 0 Å². The van der Waals surface area contributed by atoms with Crippen molar-refractivity contribution < 1.29 is 19.8 Å². The van der Waals surface area contributed by atoms with Gasteiger partial charge in [-0.15, -0.1) is 0 Å². The molecule has 0 saturated carbocycles. The highest BCUT2D eigenvalue weighted by molar-refractivity contribution is 5.93. The number of aryl methyl sites for hydroxylation is 1. The van der Waals surface area contributed by atoms with Crippen LogP contribution in [0.1, 0.15) is 18.9 Å². The molecule has 1 aromatic rings. The van der Waals surface area contributed by atoms with Gasteiger partial charge in [0.15, 0.2) is 5.54 Å². The molecule has 2 rings (SSSR count). The van der Waals surface area contributed by atoms with Crippen molar-refractivity contribution in [2.24, 2.45) is 4.99 Å². The molecule has 0 bridgehead atoms. The Morgan fingerprint density at radius 3 is 2.61 bits per heavy atom. The van der Waals surface area contributed by atoms with Crippen LogP contribution in [0.4, 0.5) is 0 Å². The van der Waals surface area contributed by atoms with Crippen molar-refractivity contribution in [1.29, 1.82) is 0 Å². The lowest BCUT2D eigenvalue weighted by molar-refractivity contribution is -0.147. The minimum atomic E-state index is -1.67. The summed E-state index contributed by atoms with van der Waals surface area (Å²) in [5.74, 6) is -2.41. The number of carbonyl (C=O) groups is 2. The van der Waals surface area contributed by atoms with Crippen molar-refractivity contribution in [3.05, 3.63) is 34.3 Å². The summed E-state index contributed by atoms with van der Waals surface area (Å²) in [5, 5.41) is 19.4. The van der Waals surface area contributed by atoms with E-state index in [1.165, 1.54) is 6.08 Å². The number of para-hydroxylation sites is 1. The minimum Gasteiger partial charge on any atom is -0.481 e. The molecule has 0 aliphatic carbocycles. The van der Waals surface area contributed by atoms with Crippen LogP contribution in [0.2, 0.25) is 0 Å². The molecule has 0 saturated heterocycles. The van der Waals surface area contributed by atoms with Gasteiger partial charge >= 0.3 is 11.9 Å². The van der Waals surface area contributed by atoms with Gasteiger partial charge in [-0.25, -0.2) is 4.79 Å². The third-order valence-corrected chi connectivity index (χ3v) is 3.03. The van der Waals surface area contributed by atoms with Crippen LogP contribution >= 0.6 is 0 Å². The normalized spacial score (nSPS) is 20.7. The Labute approximate surface area is 103 Å². The molecule has 1 atom stereocenters. The Morgan fingerprint density at radius 1 is 1.33 bits per heavy atom. The third kappa shape index (κ3) is 1.88. The molecule has 1 unspecified atom stereocenters. The zero-order valence-corrected chi connectivity index (χ0v) is 9.88. The van der Waals surface area contributed by atoms with E-state index in [1.807, 2.05) is 19.1 Å². The molecule has 0 aromatic heterocycles. The molecule has 5 nitrogen and oxygen atoms in total. The van der Waals surface area contributed by atoms with Gasteiger partial charge in [0.1, 0.15) is 0 Å². The fourth-order valence-electron chi connectivity index (χ4n) is 2.14. The fraction of sp³-hybridized carbons (Fsp3) is 0.308. The molecule has 5 heteroatoms. The van der Waals surface area contributed by atoms with Crippen molar-refractivity contribution in [1.82, 2.24) is 0 Å². The van der Waals surface area contributed by atoms with Crippen molar-refractivity contribution >= 4 is 18.0 Å². The van der Waals surface area contributed by atoms with E-state index in [4.69, 9.17) is 5.11 Å². The van der Waals surface area contributed by atoms with Crippen LogP contribution in [0.5, 0.6) is 0 Å². The second kappa shape index (κ2) is 4.25. The quantitative estimate of drug-likeness (QED) is 0.781. The summed E-state index contributed by atoms with van der Waals surface area (Å²) in [5.41, 5.74) is -0.739. The number of fused-ring (bicyclic) bond motifs is 1. The molecule has 0 spiro atoms. The van der Waals surface area contributed by atoms with E-state index in [-0.39, 0.29) is 0 Å². The van der Waals surface area contributed by atoms with Gasteiger partial charge < -0.3 is 10.2 Å². The lowest BCUT2D eigenvalue weighted by Gasteiger charge is -2.15. The molecular formula is C13H13NO4. The first-order valence-electron chi connectivity index (χ1n) is 5.64. The molecule has 94 valence electrons. The number of aliphatic carboxylic acids is 2. The zero-order valence-electron chi connectivity index (χ0n) is 9.88. The summed E-state index contributed by atoms with van der Waals surface area (Å²) in [6.45, 7) is 1.95. The van der Waals surface area contributed by atoms with Gasteiger partial charge in [0, 0.05) is 0 Å². The first-order chi connectivity index (χ1) is 8.48. The molecule has 2 N–H and O–H groups in total. The average Bonchev–Trinajstić information content (AvgIpc) is 2.66. The van der Waals surface area contributed by atoms with Crippen LogP contribution in [0.15, 0.2) is 23.2 Å². The Morgan fingerprint density at radius 2 is 2.06 bits per heavy atom. The van der Waals surface area contributed by atoms with Crippen LogP contribution in [0.3, 0.4) is 0 Å². The van der Waals surface area contributed by atoms with Gasteiger partial charge in [-0.2, -0.15) is 0 Å². The maximum absolute atomic E-state index is 11.3. The molecule has 1 aliphatic rings. The summed E-state index contributed by atoms with van der Waals surface area (Å²) >= 11 is 0. The smallest absolute Gasteiger partial charge is 0.336 e. The molecule has 0 fully saturated rings. The van der Waals surface area contributed by atoms with Gasteiger partial charge in [-0.3, -0.25) is 9.79 Å². The lowest BCUT2D eigenvalue weighted by Crippen LogP contribution is -2.36. The predicted octanol–water partition coefficient (Wildman–Crippen LogP) is -0.0392. The van der Waals surface area contributed by atoms with Gasteiger partial charge in [0.05, 0.1) is 11.8 Å². The van der Waals surface area contributed by atoms with Gasteiger partial charge in [-0.05, 0) is 23.3 Å². The van der Waals surface area contributed by atoms with E-state index in [2.05, 4.69) is 4.99 Å². The molecule has 0 radical (unpaired) electrons. The Kier molecular flexibility index (Phi) is 2.90. The topological polar surface area (TPSA) is 87.0 Å². The Hall–Kier alpha value is -2.17. The highest BCUT2D eigenvalue weighted by atomic mass is 16.4. The number of rotatable bonds is 4. The second-order valence-electron chi connectivity index (χ2n) is 4.26. The summed E-state index contributed by atoms with van der Waals surface area (Å²) in [4.78, 5) is 26.3. The number of hydrogen-bond donors (Lipinski definition) is 2. The highest BCUT2D eigenvalue weighted by Gasteiger charge is 2.40. The zero-order chi connectivity index (χ0) is 13.3. The first kappa shape index (κ1) is 12.3. The van der Waals surface area contributed by atoms with Crippen LogP contribution in [0, 0.1) is 0 Å². The monoisotopic (exact) mass is 247 g/mol. The van der Waals surface area contributed by atoms with Crippen LogP contribution < -0.4 is 10.6 Å². The van der Waals surface area contributed by atoms with E-state index in [0.717, 1.165) is 12.0 Å². The maximum atomic E-state index is 11.3. The average molecular weight is 247 g/mol. The predicted molar refractivity (Wildman–Crippen MR) is 63.7 cm³/mol. The summed E-state index contributed by atoms with van der Waals surface area (Å²) in [6.07, 6.45) is 1.61. The lowest BCUT2D eigenvalue weighted by atomic mass is 9.96. The number of benzene rings is 1. The number of nitrogens with zero attached hydrogens (tertiary/aromatic N) is 1. The molecule has 1 aliphatic heterocycles.